The van der Waals surface area contributed by atoms with E-state index in [0.29, 0.717) is 60.3 Å². The third-order valence-electron chi connectivity index (χ3n) is 6.96. The molecule has 2 aliphatic rings. The Labute approximate surface area is 225 Å². The number of rotatable bonds is 7. The van der Waals surface area contributed by atoms with E-state index in [0.717, 1.165) is 17.3 Å². The highest BCUT2D eigenvalue weighted by molar-refractivity contribution is 6.09. The Kier molecular flexibility index (Phi) is 7.45. The van der Waals surface area contributed by atoms with Crippen molar-refractivity contribution in [3.05, 3.63) is 112 Å². The van der Waals surface area contributed by atoms with E-state index in [-0.39, 0.29) is 17.0 Å². The summed E-state index contributed by atoms with van der Waals surface area (Å²) >= 11 is 0. The molecule has 3 aromatic rings. The van der Waals surface area contributed by atoms with E-state index in [1.165, 1.54) is 13.2 Å². The lowest BCUT2D eigenvalue weighted by molar-refractivity contribution is -0.116. The number of hydrogen-bond donors (Lipinski definition) is 2. The molecule has 0 saturated heterocycles. The second kappa shape index (κ2) is 11.1. The summed E-state index contributed by atoms with van der Waals surface area (Å²) in [6.45, 7) is 2.09. The molecule has 0 bridgehead atoms. The molecule has 0 unspecified atom stereocenters. The van der Waals surface area contributed by atoms with Gasteiger partial charge in [-0.2, -0.15) is 0 Å². The number of ketones is 1. The number of ether oxygens (including phenoxy) is 2. The number of amides is 1. The van der Waals surface area contributed by atoms with Gasteiger partial charge in [0.05, 0.1) is 12.8 Å². The summed E-state index contributed by atoms with van der Waals surface area (Å²) in [5.41, 5.74) is 3.61. The Hall–Kier alpha value is -4.46. The van der Waals surface area contributed by atoms with Crippen LogP contribution < -0.4 is 20.1 Å². The quantitative estimate of drug-likeness (QED) is 0.383. The first-order valence-electron chi connectivity index (χ1n) is 12.7. The van der Waals surface area contributed by atoms with E-state index in [1.54, 1.807) is 19.1 Å². The van der Waals surface area contributed by atoms with Crippen molar-refractivity contribution in [3.63, 3.8) is 0 Å². The van der Waals surface area contributed by atoms with Crippen LogP contribution in [0.5, 0.6) is 11.5 Å². The molecule has 1 aliphatic carbocycles. The van der Waals surface area contributed by atoms with E-state index in [4.69, 9.17) is 9.47 Å². The van der Waals surface area contributed by atoms with Crippen LogP contribution >= 0.6 is 0 Å². The van der Waals surface area contributed by atoms with Crippen LogP contribution in [0.2, 0.25) is 0 Å². The number of halogens is 2. The summed E-state index contributed by atoms with van der Waals surface area (Å²) in [5.74, 6) is -2.03. The average Bonchev–Trinajstić information content (AvgIpc) is 2.93. The molecule has 39 heavy (non-hydrogen) atoms. The fraction of sp³-hybridized carbons (Fsp3) is 0.226. The fourth-order valence-electron chi connectivity index (χ4n) is 5.12. The van der Waals surface area contributed by atoms with Gasteiger partial charge < -0.3 is 20.1 Å². The van der Waals surface area contributed by atoms with Gasteiger partial charge in [0.25, 0.3) is 5.91 Å². The van der Waals surface area contributed by atoms with Gasteiger partial charge in [0.15, 0.2) is 17.3 Å². The number of nitrogens with one attached hydrogen (secondary N) is 2. The molecule has 8 heteroatoms. The van der Waals surface area contributed by atoms with Crippen LogP contribution in [0.1, 0.15) is 43.2 Å². The Morgan fingerprint density at radius 1 is 1.03 bits per heavy atom. The average molecular weight is 531 g/mol. The van der Waals surface area contributed by atoms with Gasteiger partial charge in [-0.3, -0.25) is 9.59 Å². The minimum atomic E-state index is -0.892. The molecular formula is C31H28F2N2O4. The van der Waals surface area contributed by atoms with Gasteiger partial charge in [-0.05, 0) is 55.2 Å². The van der Waals surface area contributed by atoms with Crippen molar-refractivity contribution in [1.29, 1.82) is 0 Å². The number of anilines is 1. The van der Waals surface area contributed by atoms with Gasteiger partial charge in [0.1, 0.15) is 18.2 Å². The van der Waals surface area contributed by atoms with Crippen LogP contribution in [0.15, 0.2) is 89.3 Å². The molecule has 0 radical (unpaired) electrons. The zero-order chi connectivity index (χ0) is 27.5. The molecule has 0 fully saturated rings. The molecule has 1 aliphatic heterocycles. The molecule has 1 heterocycles. The standard InChI is InChI=1S/C31H28F2N2O4/c1-18-28(31(37)35-23-13-12-21(32)16-22(23)33)29(30-24(34-18)9-6-10-25(30)36)20-11-14-26(27(15-20)38-2)39-17-19-7-4-3-5-8-19/h3-5,7-8,11-16,29,34H,6,9-10,17H2,1-2H3,(H,35,37)/t29-/m1/s1. The number of benzene rings is 3. The number of carbonyl (C=O) groups is 2. The monoisotopic (exact) mass is 530 g/mol. The van der Waals surface area contributed by atoms with Crippen molar-refractivity contribution in [2.45, 2.75) is 38.7 Å². The van der Waals surface area contributed by atoms with Gasteiger partial charge in [-0.1, -0.05) is 36.4 Å². The molecule has 0 aromatic heterocycles. The minimum Gasteiger partial charge on any atom is -0.493 e. The minimum absolute atomic E-state index is 0.0529. The molecule has 3 aromatic carbocycles. The van der Waals surface area contributed by atoms with Gasteiger partial charge in [-0.25, -0.2) is 8.78 Å². The summed E-state index contributed by atoms with van der Waals surface area (Å²) in [7, 11) is 1.53. The highest BCUT2D eigenvalue weighted by Gasteiger charge is 2.39. The highest BCUT2D eigenvalue weighted by Crippen LogP contribution is 2.44. The van der Waals surface area contributed by atoms with E-state index in [9.17, 15) is 18.4 Å². The molecule has 1 atom stereocenters. The normalized spacial score (nSPS) is 16.9. The lowest BCUT2D eigenvalue weighted by Crippen LogP contribution is -2.35. The largest absolute Gasteiger partial charge is 0.493 e. The summed E-state index contributed by atoms with van der Waals surface area (Å²) in [6.07, 6.45) is 1.75. The highest BCUT2D eigenvalue weighted by atomic mass is 19.1. The lowest BCUT2D eigenvalue weighted by atomic mass is 9.75. The third-order valence-corrected chi connectivity index (χ3v) is 6.96. The van der Waals surface area contributed by atoms with Crippen LogP contribution in [0.25, 0.3) is 0 Å². The number of methoxy groups -OCH3 is 1. The fourth-order valence-corrected chi connectivity index (χ4v) is 5.12. The van der Waals surface area contributed by atoms with Crippen molar-refractivity contribution in [3.8, 4) is 11.5 Å². The predicted octanol–water partition coefficient (Wildman–Crippen LogP) is 6.16. The SMILES string of the molecule is COc1cc([C@@H]2C(C(=O)Nc3ccc(F)cc3F)=C(C)NC3=C2C(=O)CCC3)ccc1OCc1ccccc1. The third kappa shape index (κ3) is 5.41. The molecule has 6 nitrogen and oxygen atoms in total. The van der Waals surface area contributed by atoms with Crippen molar-refractivity contribution >= 4 is 17.4 Å². The Morgan fingerprint density at radius 3 is 2.56 bits per heavy atom. The summed E-state index contributed by atoms with van der Waals surface area (Å²) in [5, 5.41) is 5.79. The van der Waals surface area contributed by atoms with Crippen molar-refractivity contribution in [2.75, 3.05) is 12.4 Å². The first-order chi connectivity index (χ1) is 18.9. The summed E-state index contributed by atoms with van der Waals surface area (Å²) in [4.78, 5) is 26.8. The van der Waals surface area contributed by atoms with E-state index in [1.807, 2.05) is 36.4 Å². The van der Waals surface area contributed by atoms with Gasteiger partial charge >= 0.3 is 0 Å². The number of hydrogen-bond acceptors (Lipinski definition) is 5. The molecule has 0 spiro atoms. The van der Waals surface area contributed by atoms with Gasteiger partial charge in [0.2, 0.25) is 0 Å². The molecule has 1 amide bonds. The molecule has 0 saturated carbocycles. The Bertz CT molecular complexity index is 1500. The summed E-state index contributed by atoms with van der Waals surface area (Å²) in [6, 6.07) is 18.0. The smallest absolute Gasteiger partial charge is 0.254 e. The van der Waals surface area contributed by atoms with Gasteiger partial charge in [-0.15, -0.1) is 0 Å². The van der Waals surface area contributed by atoms with Crippen LogP contribution in [-0.4, -0.2) is 18.8 Å². The summed E-state index contributed by atoms with van der Waals surface area (Å²) < 4.78 is 39.4. The first kappa shape index (κ1) is 26.2. The van der Waals surface area contributed by atoms with Crippen molar-refractivity contribution in [2.24, 2.45) is 0 Å². The first-order valence-corrected chi connectivity index (χ1v) is 12.7. The maximum atomic E-state index is 14.4. The topological polar surface area (TPSA) is 76.7 Å². The Balaban J connectivity index is 1.52. The number of carbonyl (C=O) groups excluding carboxylic acids is 2. The zero-order valence-corrected chi connectivity index (χ0v) is 21.6. The van der Waals surface area contributed by atoms with Crippen LogP contribution in [-0.2, 0) is 16.2 Å². The number of allylic oxidation sites excluding steroid dienone is 3. The van der Waals surface area contributed by atoms with E-state index in [2.05, 4.69) is 10.6 Å². The number of dihydropyridines is 1. The molecule has 5 rings (SSSR count). The Morgan fingerprint density at radius 2 is 1.82 bits per heavy atom. The second-order valence-corrected chi connectivity index (χ2v) is 9.53. The van der Waals surface area contributed by atoms with Gasteiger partial charge in [0, 0.05) is 40.9 Å². The number of Topliss-reactive ketones (excluding diaryl/α,β-unsaturated/α-hetero) is 1. The van der Waals surface area contributed by atoms with E-state index < -0.39 is 23.5 Å². The van der Waals surface area contributed by atoms with Crippen molar-refractivity contribution < 1.29 is 27.8 Å². The zero-order valence-electron chi connectivity index (χ0n) is 21.6. The predicted molar refractivity (Wildman–Crippen MR) is 143 cm³/mol. The maximum Gasteiger partial charge on any atom is 0.254 e. The van der Waals surface area contributed by atoms with Crippen LogP contribution in [0.4, 0.5) is 14.5 Å². The lowest BCUT2D eigenvalue weighted by Gasteiger charge is -2.34. The molecule has 200 valence electrons. The van der Waals surface area contributed by atoms with E-state index >= 15 is 0 Å². The van der Waals surface area contributed by atoms with Crippen molar-refractivity contribution in [1.82, 2.24) is 5.32 Å². The second-order valence-electron chi connectivity index (χ2n) is 9.53. The molecular weight excluding hydrogens is 502 g/mol. The maximum absolute atomic E-state index is 14.4. The van der Waals surface area contributed by atoms with Crippen LogP contribution in [0, 0.1) is 11.6 Å². The molecule has 2 N–H and O–H groups in total. The van der Waals surface area contributed by atoms with Crippen LogP contribution in [0.3, 0.4) is 0 Å².